The van der Waals surface area contributed by atoms with Gasteiger partial charge in [-0.05, 0) is 12.3 Å². The van der Waals surface area contributed by atoms with Gasteiger partial charge in [-0.25, -0.2) is 0 Å². The molecule has 2 unspecified atom stereocenters. The molecule has 0 aliphatic rings. The smallest absolute Gasteiger partial charge is 0.0712 e. The number of hydrogen-bond donors (Lipinski definition) is 2. The van der Waals surface area contributed by atoms with Crippen molar-refractivity contribution in [3.05, 3.63) is 0 Å². The summed E-state index contributed by atoms with van der Waals surface area (Å²) in [7, 11) is 1.68. The first-order valence-corrected chi connectivity index (χ1v) is 4.78. The number of rotatable bonds is 5. The molecule has 0 spiro atoms. The van der Waals surface area contributed by atoms with E-state index in [0.717, 1.165) is 0 Å². The summed E-state index contributed by atoms with van der Waals surface area (Å²) >= 11 is 0. The van der Waals surface area contributed by atoms with Gasteiger partial charge in [-0.2, -0.15) is 0 Å². The molecule has 0 saturated heterocycles. The zero-order valence-corrected chi connectivity index (χ0v) is 9.42. The van der Waals surface area contributed by atoms with Gasteiger partial charge in [0.15, 0.2) is 0 Å². The Kier molecular flexibility index (Phi) is 5.53. The highest BCUT2D eigenvalue weighted by Crippen LogP contribution is 2.18. The average molecular weight is 189 g/mol. The quantitative estimate of drug-likeness (QED) is 0.678. The van der Waals surface area contributed by atoms with Gasteiger partial charge in [0.25, 0.3) is 0 Å². The molecule has 13 heavy (non-hydrogen) atoms. The fourth-order valence-corrected chi connectivity index (χ4v) is 0.928. The Bertz CT molecular complexity index is 131. The summed E-state index contributed by atoms with van der Waals surface area (Å²) in [6.45, 7) is 9.42. The van der Waals surface area contributed by atoms with Gasteiger partial charge < -0.3 is 15.2 Å². The number of ether oxygens (including phenoxy) is 1. The van der Waals surface area contributed by atoms with Crippen molar-refractivity contribution in [2.75, 3.05) is 20.3 Å². The van der Waals surface area contributed by atoms with Gasteiger partial charge >= 0.3 is 0 Å². The van der Waals surface area contributed by atoms with E-state index in [-0.39, 0.29) is 11.5 Å². The zero-order chi connectivity index (χ0) is 10.5. The third kappa shape index (κ3) is 6.02. The van der Waals surface area contributed by atoms with Gasteiger partial charge in [-0.1, -0.05) is 20.8 Å². The molecule has 0 aromatic rings. The number of nitrogens with one attached hydrogen (secondary N) is 1. The summed E-state index contributed by atoms with van der Waals surface area (Å²) in [5.41, 5.74) is -0.0558. The molecule has 0 amide bonds. The first-order valence-electron chi connectivity index (χ1n) is 4.78. The van der Waals surface area contributed by atoms with E-state index in [0.29, 0.717) is 19.2 Å². The van der Waals surface area contributed by atoms with E-state index < -0.39 is 0 Å². The van der Waals surface area contributed by atoms with Crippen molar-refractivity contribution in [1.29, 1.82) is 0 Å². The van der Waals surface area contributed by atoms with Crippen molar-refractivity contribution >= 4 is 0 Å². The van der Waals surface area contributed by atoms with E-state index in [9.17, 15) is 5.11 Å². The van der Waals surface area contributed by atoms with Crippen LogP contribution in [0.5, 0.6) is 0 Å². The van der Waals surface area contributed by atoms with Gasteiger partial charge in [0.05, 0.1) is 12.7 Å². The molecule has 0 fully saturated rings. The predicted octanol–water partition coefficient (Wildman–Crippen LogP) is 1.02. The number of hydrogen-bond acceptors (Lipinski definition) is 3. The molecule has 2 N–H and O–H groups in total. The second-order valence-corrected chi connectivity index (χ2v) is 4.65. The van der Waals surface area contributed by atoms with Crippen LogP contribution in [0.25, 0.3) is 0 Å². The highest BCUT2D eigenvalue weighted by Gasteiger charge is 2.21. The molecular formula is C10H23NO2. The molecule has 0 aliphatic carbocycles. The van der Waals surface area contributed by atoms with Crippen molar-refractivity contribution in [1.82, 2.24) is 5.32 Å². The van der Waals surface area contributed by atoms with Crippen LogP contribution in [-0.4, -0.2) is 37.5 Å². The predicted molar refractivity (Wildman–Crippen MR) is 54.8 cm³/mol. The average Bonchev–Trinajstić information content (AvgIpc) is 1.99. The summed E-state index contributed by atoms with van der Waals surface area (Å²) in [4.78, 5) is 0. The highest BCUT2D eigenvalue weighted by molar-refractivity contribution is 4.75. The number of aliphatic hydroxyl groups is 1. The summed E-state index contributed by atoms with van der Waals surface area (Å²) in [6, 6.07) is 0.294. The van der Waals surface area contributed by atoms with Gasteiger partial charge in [0, 0.05) is 19.7 Å². The van der Waals surface area contributed by atoms with Gasteiger partial charge in [0.1, 0.15) is 0 Å². The van der Waals surface area contributed by atoms with Crippen molar-refractivity contribution < 1.29 is 9.84 Å². The second-order valence-electron chi connectivity index (χ2n) is 4.65. The van der Waals surface area contributed by atoms with Crippen molar-refractivity contribution in [2.45, 2.75) is 39.8 Å². The lowest BCUT2D eigenvalue weighted by Crippen LogP contribution is -2.41. The fraction of sp³-hybridized carbons (Fsp3) is 1.00. The Balaban J connectivity index is 3.63. The SMILES string of the molecule is COCC(C)NCC(O)C(C)(C)C. The van der Waals surface area contributed by atoms with Crippen LogP contribution in [0.4, 0.5) is 0 Å². The minimum absolute atomic E-state index is 0.0558. The maximum absolute atomic E-state index is 9.70. The van der Waals surface area contributed by atoms with Crippen LogP contribution in [0.2, 0.25) is 0 Å². The molecule has 0 saturated carbocycles. The molecule has 0 aromatic carbocycles. The van der Waals surface area contributed by atoms with Gasteiger partial charge in [-0.15, -0.1) is 0 Å². The highest BCUT2D eigenvalue weighted by atomic mass is 16.5. The first-order chi connectivity index (χ1) is 5.88. The molecule has 0 rings (SSSR count). The van der Waals surface area contributed by atoms with Crippen LogP contribution in [0.15, 0.2) is 0 Å². The molecule has 3 nitrogen and oxygen atoms in total. The van der Waals surface area contributed by atoms with E-state index in [2.05, 4.69) is 5.32 Å². The van der Waals surface area contributed by atoms with Crippen molar-refractivity contribution in [3.63, 3.8) is 0 Å². The second kappa shape index (κ2) is 5.58. The van der Waals surface area contributed by atoms with Crippen LogP contribution in [0.3, 0.4) is 0 Å². The van der Waals surface area contributed by atoms with Crippen LogP contribution >= 0.6 is 0 Å². The van der Waals surface area contributed by atoms with E-state index in [4.69, 9.17) is 4.74 Å². The molecule has 80 valence electrons. The lowest BCUT2D eigenvalue weighted by molar-refractivity contribution is 0.0571. The molecule has 0 radical (unpaired) electrons. The standard InChI is InChI=1S/C10H23NO2/c1-8(7-13-5)11-6-9(12)10(2,3)4/h8-9,11-12H,6-7H2,1-5H3. The fourth-order valence-electron chi connectivity index (χ4n) is 0.928. The normalized spacial score (nSPS) is 17.1. The molecule has 0 aliphatic heterocycles. The first kappa shape index (κ1) is 12.9. The summed E-state index contributed by atoms with van der Waals surface area (Å²) in [5, 5.41) is 12.9. The van der Waals surface area contributed by atoms with Gasteiger partial charge in [-0.3, -0.25) is 0 Å². The summed E-state index contributed by atoms with van der Waals surface area (Å²) < 4.78 is 4.98. The third-order valence-corrected chi connectivity index (χ3v) is 2.08. The number of aliphatic hydroxyl groups excluding tert-OH is 1. The van der Waals surface area contributed by atoms with E-state index in [1.165, 1.54) is 0 Å². The lowest BCUT2D eigenvalue weighted by Gasteiger charge is -2.27. The van der Waals surface area contributed by atoms with Crippen molar-refractivity contribution in [3.8, 4) is 0 Å². The maximum Gasteiger partial charge on any atom is 0.0712 e. The van der Waals surface area contributed by atoms with E-state index in [1.807, 2.05) is 27.7 Å². The monoisotopic (exact) mass is 189 g/mol. The zero-order valence-electron chi connectivity index (χ0n) is 9.42. The lowest BCUT2D eigenvalue weighted by atomic mass is 9.89. The van der Waals surface area contributed by atoms with E-state index >= 15 is 0 Å². The van der Waals surface area contributed by atoms with Gasteiger partial charge in [0.2, 0.25) is 0 Å². The maximum atomic E-state index is 9.70. The minimum atomic E-state index is -0.313. The largest absolute Gasteiger partial charge is 0.391 e. The van der Waals surface area contributed by atoms with Crippen LogP contribution in [0, 0.1) is 5.41 Å². The molecule has 3 heteroatoms. The van der Waals surface area contributed by atoms with Crippen LogP contribution in [-0.2, 0) is 4.74 Å². The Labute approximate surface area is 81.5 Å². The number of methoxy groups -OCH3 is 1. The molecule has 0 heterocycles. The minimum Gasteiger partial charge on any atom is -0.391 e. The third-order valence-electron chi connectivity index (χ3n) is 2.08. The Hall–Kier alpha value is -0.120. The summed E-state index contributed by atoms with van der Waals surface area (Å²) in [5.74, 6) is 0. The topological polar surface area (TPSA) is 41.5 Å². The summed E-state index contributed by atoms with van der Waals surface area (Å²) in [6.07, 6.45) is -0.313. The van der Waals surface area contributed by atoms with E-state index in [1.54, 1.807) is 7.11 Å². The molecule has 2 atom stereocenters. The van der Waals surface area contributed by atoms with Crippen molar-refractivity contribution in [2.24, 2.45) is 5.41 Å². The Morgan fingerprint density at radius 2 is 1.92 bits per heavy atom. The molecular weight excluding hydrogens is 166 g/mol. The Morgan fingerprint density at radius 3 is 2.31 bits per heavy atom. The van der Waals surface area contributed by atoms with Crippen LogP contribution < -0.4 is 5.32 Å². The Morgan fingerprint density at radius 1 is 1.38 bits per heavy atom. The van der Waals surface area contributed by atoms with Crippen LogP contribution in [0.1, 0.15) is 27.7 Å². The molecule has 0 bridgehead atoms. The molecule has 0 aromatic heterocycles.